The van der Waals surface area contributed by atoms with E-state index in [0.717, 1.165) is 16.9 Å². The van der Waals surface area contributed by atoms with E-state index in [2.05, 4.69) is 15.3 Å². The van der Waals surface area contributed by atoms with Gasteiger partial charge < -0.3 is 19.1 Å². The minimum atomic E-state index is -3.92. The number of ether oxygens (including phenoxy) is 3. The number of likely N-dealkylation sites (tertiary alicyclic amines) is 1. The number of hydrogen-bond acceptors (Lipinski definition) is 11. The zero-order valence-electron chi connectivity index (χ0n) is 24.5. The van der Waals surface area contributed by atoms with E-state index in [1.54, 1.807) is 48.4 Å². The highest BCUT2D eigenvalue weighted by molar-refractivity contribution is 7.91. The van der Waals surface area contributed by atoms with E-state index in [0.29, 0.717) is 66.4 Å². The summed E-state index contributed by atoms with van der Waals surface area (Å²) in [5, 5.41) is 13.7. The summed E-state index contributed by atoms with van der Waals surface area (Å²) in [4.78, 5) is 31.9. The van der Waals surface area contributed by atoms with Crippen molar-refractivity contribution in [3.05, 3.63) is 59.9 Å². The van der Waals surface area contributed by atoms with Crippen LogP contribution in [0.25, 0.3) is 10.2 Å². The summed E-state index contributed by atoms with van der Waals surface area (Å²) in [5.74, 6) is 0.354. The summed E-state index contributed by atoms with van der Waals surface area (Å²) in [7, 11) is -3.92. The Labute approximate surface area is 263 Å². The largest absolute Gasteiger partial charge is 0.491 e. The topological polar surface area (TPSA) is 169 Å². The van der Waals surface area contributed by atoms with Crippen LogP contribution in [-0.4, -0.2) is 78.1 Å². The Morgan fingerprint density at radius 3 is 2.53 bits per heavy atom. The quantitative estimate of drug-likeness (QED) is 0.210. The van der Waals surface area contributed by atoms with Gasteiger partial charge in [0.25, 0.3) is 10.0 Å². The molecule has 4 aromatic rings. The first kappa shape index (κ1) is 32.2. The number of nitrogens with zero attached hydrogens (tertiary/aromatic N) is 5. The molecule has 13 nitrogen and oxygen atoms in total. The number of hydrogen-bond donors (Lipinski definition) is 1. The molecule has 1 saturated heterocycles. The van der Waals surface area contributed by atoms with E-state index < -0.39 is 22.7 Å². The molecular weight excluding hydrogens is 627 g/mol. The van der Waals surface area contributed by atoms with Gasteiger partial charge in [-0.05, 0) is 55.7 Å². The lowest BCUT2D eigenvalue weighted by atomic mass is 9.96. The van der Waals surface area contributed by atoms with Crippen molar-refractivity contribution < 1.29 is 36.6 Å². The average Bonchev–Trinajstić information content (AvgIpc) is 3.69. The van der Waals surface area contributed by atoms with Crippen molar-refractivity contribution in [1.29, 1.82) is 0 Å². The first-order valence-corrected chi connectivity index (χ1v) is 16.7. The fourth-order valence-corrected chi connectivity index (χ4v) is 6.67. The van der Waals surface area contributed by atoms with Crippen LogP contribution in [0.5, 0.6) is 11.5 Å². The molecule has 0 aliphatic carbocycles. The van der Waals surface area contributed by atoms with Crippen LogP contribution in [0.2, 0.25) is 0 Å². The highest BCUT2D eigenvalue weighted by Crippen LogP contribution is 2.29. The summed E-state index contributed by atoms with van der Waals surface area (Å²) in [6.07, 6.45) is 2.98. The number of rotatable bonds is 13. The number of thiazole rings is 1. The Kier molecular flexibility index (Phi) is 10.2. The Hall–Kier alpha value is -4.15. The van der Waals surface area contributed by atoms with Gasteiger partial charge in [-0.3, -0.25) is 9.59 Å². The Morgan fingerprint density at radius 1 is 1.11 bits per heavy atom. The van der Waals surface area contributed by atoms with E-state index in [1.807, 2.05) is 12.1 Å². The summed E-state index contributed by atoms with van der Waals surface area (Å²) in [6, 6.07) is 11.3. The fourth-order valence-electron chi connectivity index (χ4n) is 4.99. The lowest BCUT2D eigenvalue weighted by molar-refractivity contribution is -0.151. The molecule has 0 bridgehead atoms. The minimum absolute atomic E-state index is 0.0405. The average molecular weight is 661 g/mol. The van der Waals surface area contributed by atoms with Crippen molar-refractivity contribution in [2.45, 2.75) is 43.2 Å². The van der Waals surface area contributed by atoms with E-state index in [9.17, 15) is 22.4 Å². The molecular formula is C29H33FN6O7S2. The molecule has 0 radical (unpaired) electrons. The molecule has 1 fully saturated rings. The molecule has 1 unspecified atom stereocenters. The molecule has 2 N–H and O–H groups in total. The number of sulfonamides is 1. The predicted octanol–water partition coefficient (Wildman–Crippen LogP) is 3.05. The van der Waals surface area contributed by atoms with E-state index >= 15 is 0 Å². The molecule has 45 heavy (non-hydrogen) atoms. The van der Waals surface area contributed by atoms with Crippen LogP contribution >= 0.6 is 11.3 Å². The molecule has 1 atom stereocenters. The highest BCUT2D eigenvalue weighted by Gasteiger charge is 2.33. The zero-order valence-corrected chi connectivity index (χ0v) is 26.1. The highest BCUT2D eigenvalue weighted by atomic mass is 32.2. The summed E-state index contributed by atoms with van der Waals surface area (Å²) in [5.41, 5.74) is 1.79. The second kappa shape index (κ2) is 14.3. The number of fused-ring (bicyclic) bond motifs is 1. The number of alkyl halides is 1. The number of benzene rings is 2. The number of halogens is 1. The van der Waals surface area contributed by atoms with E-state index in [1.165, 1.54) is 4.68 Å². The van der Waals surface area contributed by atoms with Crippen LogP contribution < -0.4 is 14.6 Å². The van der Waals surface area contributed by atoms with Gasteiger partial charge in [0.1, 0.15) is 43.1 Å². The molecule has 2 aromatic heterocycles. The van der Waals surface area contributed by atoms with Crippen LogP contribution in [0.3, 0.4) is 0 Å². The number of primary sulfonamides is 1. The van der Waals surface area contributed by atoms with Crippen molar-refractivity contribution in [2.75, 3.05) is 33.0 Å². The van der Waals surface area contributed by atoms with Gasteiger partial charge in [-0.2, -0.15) is 0 Å². The van der Waals surface area contributed by atoms with E-state index in [4.69, 9.17) is 19.3 Å². The summed E-state index contributed by atoms with van der Waals surface area (Å²) in [6.45, 7) is 2.31. The maximum Gasteiger partial charge on any atom is 0.309 e. The normalized spacial score (nSPS) is 14.8. The van der Waals surface area contributed by atoms with Gasteiger partial charge in [0, 0.05) is 19.5 Å². The second-order valence-corrected chi connectivity index (χ2v) is 13.2. The van der Waals surface area contributed by atoms with Gasteiger partial charge in [0.15, 0.2) is 0 Å². The second-order valence-electron chi connectivity index (χ2n) is 10.4. The fraction of sp³-hybridized carbons (Fsp3) is 0.414. The van der Waals surface area contributed by atoms with Gasteiger partial charge in [-0.15, -0.1) is 16.4 Å². The monoisotopic (exact) mass is 660 g/mol. The third kappa shape index (κ3) is 8.12. The van der Waals surface area contributed by atoms with Crippen molar-refractivity contribution in [2.24, 2.45) is 11.1 Å². The smallest absolute Gasteiger partial charge is 0.309 e. The minimum Gasteiger partial charge on any atom is -0.491 e. The first-order valence-electron chi connectivity index (χ1n) is 14.3. The third-order valence-electron chi connectivity index (χ3n) is 7.26. The number of piperidine rings is 1. The van der Waals surface area contributed by atoms with Crippen LogP contribution in [0, 0.1) is 5.92 Å². The molecule has 1 aliphatic rings. The molecule has 1 aliphatic heterocycles. The Morgan fingerprint density at radius 2 is 1.84 bits per heavy atom. The SMILES string of the molecule is CCOC(=O)C1CCN(C(=O)C(Cc2ccc(OCCF)cc2)n2cc(COc3ccc4nc(S(N)(=O)=O)sc4c3)nn2)CC1. The maximum absolute atomic E-state index is 13.9. The summed E-state index contributed by atoms with van der Waals surface area (Å²) >= 11 is 0.946. The molecule has 0 spiro atoms. The van der Waals surface area contributed by atoms with Gasteiger partial charge in [0.2, 0.25) is 10.2 Å². The van der Waals surface area contributed by atoms with Crippen molar-refractivity contribution in [3.8, 4) is 11.5 Å². The molecule has 5 rings (SSSR count). The maximum atomic E-state index is 13.9. The van der Waals surface area contributed by atoms with Gasteiger partial charge >= 0.3 is 5.97 Å². The zero-order chi connectivity index (χ0) is 32.0. The number of esters is 1. The predicted molar refractivity (Wildman–Crippen MR) is 162 cm³/mol. The van der Waals surface area contributed by atoms with Gasteiger partial charge in [-0.1, -0.05) is 17.3 Å². The molecule has 240 valence electrons. The number of aromatic nitrogens is 4. The van der Waals surface area contributed by atoms with Crippen LogP contribution in [0.4, 0.5) is 4.39 Å². The Bertz CT molecular complexity index is 1740. The standard InChI is InChI=1S/C29H33FN6O7S2/c1-2-41-28(38)20-9-12-35(13-10-20)27(37)25(15-19-3-5-22(6-4-19)42-14-11-30)36-17-21(33-34-36)18-43-23-7-8-24-26(16-23)44-29(32-24)45(31,39)40/h3-8,16-17,20,25H,2,9-15,18H2,1H3,(H2,31,39,40). The number of nitrogens with two attached hydrogens (primary N) is 1. The molecule has 1 amide bonds. The van der Waals surface area contributed by atoms with Crippen molar-refractivity contribution in [1.82, 2.24) is 24.9 Å². The number of amides is 1. The van der Waals surface area contributed by atoms with Crippen molar-refractivity contribution in [3.63, 3.8) is 0 Å². The van der Waals surface area contributed by atoms with E-state index in [-0.39, 0.29) is 35.3 Å². The molecule has 0 saturated carbocycles. The molecule has 2 aromatic carbocycles. The molecule has 16 heteroatoms. The van der Waals surface area contributed by atoms with Gasteiger partial charge in [0.05, 0.1) is 28.9 Å². The molecule has 3 heterocycles. The number of carbonyl (C=O) groups is 2. The number of carbonyl (C=O) groups excluding carboxylic acids is 2. The Balaban J connectivity index is 1.30. The first-order chi connectivity index (χ1) is 21.6. The van der Waals surface area contributed by atoms with Crippen LogP contribution in [0.15, 0.2) is 53.0 Å². The lowest BCUT2D eigenvalue weighted by Crippen LogP contribution is -2.44. The third-order valence-corrected chi connectivity index (χ3v) is 9.60. The van der Waals surface area contributed by atoms with Crippen LogP contribution in [0.1, 0.15) is 37.1 Å². The van der Waals surface area contributed by atoms with Crippen molar-refractivity contribution >= 4 is 43.5 Å². The summed E-state index contributed by atoms with van der Waals surface area (Å²) < 4.78 is 54.1. The van der Waals surface area contributed by atoms with Crippen LogP contribution in [-0.2, 0) is 37.4 Å². The van der Waals surface area contributed by atoms with Gasteiger partial charge in [-0.25, -0.2) is 27.6 Å². The lowest BCUT2D eigenvalue weighted by Gasteiger charge is -2.33.